The van der Waals surface area contributed by atoms with Crippen molar-refractivity contribution in [3.63, 3.8) is 0 Å². The monoisotopic (exact) mass is 530 g/mol. The van der Waals surface area contributed by atoms with E-state index in [0.29, 0.717) is 5.56 Å². The van der Waals surface area contributed by atoms with Crippen molar-refractivity contribution < 1.29 is 14.3 Å². The van der Waals surface area contributed by atoms with Crippen LogP contribution in [-0.2, 0) is 0 Å². The van der Waals surface area contributed by atoms with Gasteiger partial charge in [0.15, 0.2) is 0 Å². The molecule has 0 radical (unpaired) electrons. The third-order valence-corrected chi connectivity index (χ3v) is 7.24. The van der Waals surface area contributed by atoms with Crippen molar-refractivity contribution in [3.8, 4) is 11.5 Å². The average Bonchev–Trinajstić information content (AvgIpc) is 3.30. The molecule has 1 aliphatic heterocycles. The zero-order chi connectivity index (χ0) is 24.4. The Morgan fingerprint density at radius 1 is 0.943 bits per heavy atom. The fourth-order valence-electron chi connectivity index (χ4n) is 4.93. The van der Waals surface area contributed by atoms with Crippen molar-refractivity contribution in [2.24, 2.45) is 11.0 Å². The number of rotatable bonds is 5. The van der Waals surface area contributed by atoms with Crippen LogP contribution in [0.15, 0.2) is 87.9 Å². The molecule has 0 bridgehead atoms. The van der Waals surface area contributed by atoms with Gasteiger partial charge in [-0.2, -0.15) is 5.10 Å². The zero-order valence-corrected chi connectivity index (χ0v) is 21.4. The van der Waals surface area contributed by atoms with E-state index in [1.807, 2.05) is 60.7 Å². The Morgan fingerprint density at radius 2 is 1.57 bits per heavy atom. The molecule has 0 aromatic heterocycles. The van der Waals surface area contributed by atoms with Crippen LogP contribution < -0.4 is 9.47 Å². The Hall–Kier alpha value is -3.38. The summed E-state index contributed by atoms with van der Waals surface area (Å²) in [5.41, 5.74) is 4.98. The number of hydrazone groups is 1. The second-order valence-electron chi connectivity index (χ2n) is 8.80. The van der Waals surface area contributed by atoms with Crippen molar-refractivity contribution in [3.05, 3.63) is 99.5 Å². The van der Waals surface area contributed by atoms with Gasteiger partial charge < -0.3 is 9.47 Å². The summed E-state index contributed by atoms with van der Waals surface area (Å²) in [5, 5.41) is 6.68. The number of carbonyl (C=O) groups is 1. The van der Waals surface area contributed by atoms with Gasteiger partial charge in [-0.3, -0.25) is 4.79 Å². The van der Waals surface area contributed by atoms with Crippen LogP contribution in [0.25, 0.3) is 6.08 Å². The van der Waals surface area contributed by atoms with Gasteiger partial charge in [-0.1, -0.05) is 40.2 Å². The van der Waals surface area contributed by atoms with E-state index in [2.05, 4.69) is 34.1 Å². The predicted octanol–water partition coefficient (Wildman–Crippen LogP) is 6.90. The summed E-state index contributed by atoms with van der Waals surface area (Å²) < 4.78 is 11.6. The Balaban J connectivity index is 1.55. The highest BCUT2D eigenvalue weighted by Gasteiger charge is 2.43. The van der Waals surface area contributed by atoms with Gasteiger partial charge in [0.25, 0.3) is 5.91 Å². The molecule has 1 aliphatic carbocycles. The molecule has 35 heavy (non-hydrogen) atoms. The molecule has 178 valence electrons. The minimum atomic E-state index is -0.161. The highest BCUT2D eigenvalue weighted by atomic mass is 79.9. The number of nitrogens with zero attached hydrogens (tertiary/aromatic N) is 2. The van der Waals surface area contributed by atoms with Gasteiger partial charge in [0.05, 0.1) is 26.0 Å². The maximum Gasteiger partial charge on any atom is 0.274 e. The van der Waals surface area contributed by atoms with Crippen molar-refractivity contribution >= 4 is 33.6 Å². The Morgan fingerprint density at radius 3 is 2.20 bits per heavy atom. The van der Waals surface area contributed by atoms with Gasteiger partial charge >= 0.3 is 0 Å². The topological polar surface area (TPSA) is 51.1 Å². The number of hydrogen-bond donors (Lipinski definition) is 0. The van der Waals surface area contributed by atoms with Gasteiger partial charge in [0.1, 0.15) is 11.5 Å². The number of benzene rings is 3. The van der Waals surface area contributed by atoms with Gasteiger partial charge in [0, 0.05) is 16.0 Å². The van der Waals surface area contributed by atoms with E-state index < -0.39 is 0 Å². The van der Waals surface area contributed by atoms with E-state index in [1.165, 1.54) is 5.57 Å². The Labute approximate surface area is 214 Å². The van der Waals surface area contributed by atoms with E-state index in [4.69, 9.17) is 14.6 Å². The van der Waals surface area contributed by atoms with Gasteiger partial charge in [-0.15, -0.1) is 0 Å². The van der Waals surface area contributed by atoms with Crippen LogP contribution >= 0.6 is 15.9 Å². The first-order valence-electron chi connectivity index (χ1n) is 11.7. The number of ether oxygens (including phenoxy) is 2. The van der Waals surface area contributed by atoms with E-state index >= 15 is 0 Å². The van der Waals surface area contributed by atoms with Crippen LogP contribution in [0, 0.1) is 5.92 Å². The SMILES string of the molecule is COc1ccc(/C=C2\CCC[C@H]3C2=NN(C(=O)c2ccc(Br)cc2)[C@H]3c2ccc(OC)cc2)cc1. The number of fused-ring (bicyclic) bond motifs is 1. The molecule has 2 aliphatic rings. The molecule has 3 aromatic carbocycles. The summed E-state index contributed by atoms with van der Waals surface area (Å²) in [6.45, 7) is 0. The van der Waals surface area contributed by atoms with Crippen LogP contribution in [0.5, 0.6) is 11.5 Å². The molecule has 5 rings (SSSR count). The van der Waals surface area contributed by atoms with E-state index in [9.17, 15) is 4.79 Å². The van der Waals surface area contributed by atoms with E-state index in [-0.39, 0.29) is 17.9 Å². The second-order valence-corrected chi connectivity index (χ2v) is 9.72. The number of carbonyl (C=O) groups excluding carboxylic acids is 1. The maximum atomic E-state index is 13.7. The third kappa shape index (κ3) is 4.76. The molecule has 0 spiro atoms. The quantitative estimate of drug-likeness (QED) is 0.360. The summed E-state index contributed by atoms with van der Waals surface area (Å²) in [7, 11) is 3.33. The minimum absolute atomic E-state index is 0.0935. The minimum Gasteiger partial charge on any atom is -0.497 e. The van der Waals surface area contributed by atoms with Crippen molar-refractivity contribution in [2.75, 3.05) is 14.2 Å². The lowest BCUT2D eigenvalue weighted by Gasteiger charge is -2.29. The predicted molar refractivity (Wildman–Crippen MR) is 142 cm³/mol. The standard InChI is InChI=1S/C29H27BrN2O3/c1-34-24-14-6-19(7-15-24)18-22-4-3-5-26-27(22)31-32(29(33)21-8-12-23(30)13-9-21)28(26)20-10-16-25(35-2)17-11-20/h6-18,26,28H,3-5H2,1-2H3/b22-18+/t26-,28-/m0/s1. The Bertz CT molecular complexity index is 1260. The lowest BCUT2D eigenvalue weighted by molar-refractivity contribution is 0.0681. The van der Waals surface area contributed by atoms with Crippen LogP contribution in [0.1, 0.15) is 46.8 Å². The van der Waals surface area contributed by atoms with Gasteiger partial charge in [-0.25, -0.2) is 5.01 Å². The maximum absolute atomic E-state index is 13.7. The smallest absolute Gasteiger partial charge is 0.274 e. The summed E-state index contributed by atoms with van der Waals surface area (Å²) >= 11 is 3.46. The first kappa shape index (κ1) is 23.4. The molecule has 1 saturated carbocycles. The molecule has 0 unspecified atom stereocenters. The number of allylic oxidation sites excluding steroid dienone is 1. The first-order valence-corrected chi connectivity index (χ1v) is 12.5. The number of amides is 1. The largest absolute Gasteiger partial charge is 0.497 e. The molecule has 1 fully saturated rings. The van der Waals surface area contributed by atoms with Gasteiger partial charge in [0.2, 0.25) is 0 Å². The summed E-state index contributed by atoms with van der Waals surface area (Å²) in [6, 6.07) is 23.3. The molecule has 5 nitrogen and oxygen atoms in total. The second kappa shape index (κ2) is 10.1. The third-order valence-electron chi connectivity index (χ3n) is 6.71. The first-order chi connectivity index (χ1) is 17.1. The van der Waals surface area contributed by atoms with Crippen LogP contribution in [0.3, 0.4) is 0 Å². The molecule has 1 amide bonds. The van der Waals surface area contributed by atoms with Crippen LogP contribution in [0.2, 0.25) is 0 Å². The molecule has 3 aromatic rings. The summed E-state index contributed by atoms with van der Waals surface area (Å²) in [5.74, 6) is 1.67. The molecule has 1 heterocycles. The average molecular weight is 531 g/mol. The van der Waals surface area contributed by atoms with Crippen molar-refractivity contribution in [2.45, 2.75) is 25.3 Å². The fourth-order valence-corrected chi connectivity index (χ4v) is 5.19. The van der Waals surface area contributed by atoms with Crippen LogP contribution in [0.4, 0.5) is 0 Å². The number of methoxy groups -OCH3 is 2. The summed E-state index contributed by atoms with van der Waals surface area (Å²) in [6.07, 6.45) is 5.18. The molecule has 6 heteroatoms. The highest BCUT2D eigenvalue weighted by Crippen LogP contribution is 2.45. The summed E-state index contributed by atoms with van der Waals surface area (Å²) in [4.78, 5) is 13.7. The lowest BCUT2D eigenvalue weighted by atomic mass is 9.77. The van der Waals surface area contributed by atoms with Gasteiger partial charge in [-0.05, 0) is 90.6 Å². The van der Waals surface area contributed by atoms with E-state index in [1.54, 1.807) is 19.2 Å². The molecule has 0 saturated heterocycles. The molecular weight excluding hydrogens is 504 g/mol. The molecule has 0 N–H and O–H groups in total. The molecule has 2 atom stereocenters. The van der Waals surface area contributed by atoms with Crippen molar-refractivity contribution in [1.82, 2.24) is 5.01 Å². The van der Waals surface area contributed by atoms with E-state index in [0.717, 1.165) is 52.1 Å². The normalized spacial score (nSPS) is 20.4. The van der Waals surface area contributed by atoms with Crippen LogP contribution in [-0.4, -0.2) is 30.8 Å². The fraction of sp³-hybridized carbons (Fsp3) is 0.241. The highest BCUT2D eigenvalue weighted by molar-refractivity contribution is 9.10. The molecular formula is C29H27BrN2O3. The lowest BCUT2D eigenvalue weighted by Crippen LogP contribution is -2.31. The van der Waals surface area contributed by atoms with Crippen molar-refractivity contribution in [1.29, 1.82) is 0 Å². The number of hydrogen-bond acceptors (Lipinski definition) is 4. The zero-order valence-electron chi connectivity index (χ0n) is 19.8. The Kier molecular flexibility index (Phi) is 6.73. The number of halogens is 1.